The Morgan fingerprint density at radius 1 is 1.23 bits per heavy atom. The van der Waals surface area contributed by atoms with Gasteiger partial charge in [-0.3, -0.25) is 0 Å². The van der Waals surface area contributed by atoms with Gasteiger partial charge in [0.2, 0.25) is 0 Å². The van der Waals surface area contributed by atoms with E-state index in [4.69, 9.17) is 4.74 Å². The zero-order valence-electron chi connectivity index (χ0n) is 7.24. The van der Waals surface area contributed by atoms with Crippen LogP contribution in [-0.2, 0) is 4.74 Å². The van der Waals surface area contributed by atoms with Gasteiger partial charge in [0, 0.05) is 4.48 Å². The molecule has 0 radical (unpaired) electrons. The smallest absolute Gasteiger partial charge is 0.0864 e. The molecule has 0 bridgehead atoms. The van der Waals surface area contributed by atoms with Crippen LogP contribution in [0.15, 0.2) is 40.9 Å². The highest BCUT2D eigenvalue weighted by molar-refractivity contribution is 9.11. The number of ether oxygens (including phenoxy) is 1. The van der Waals surface area contributed by atoms with Crippen molar-refractivity contribution in [1.29, 1.82) is 0 Å². The molecule has 0 saturated carbocycles. The maximum atomic E-state index is 5.66. The predicted octanol–water partition coefficient (Wildman–Crippen LogP) is 3.43. The third kappa shape index (κ3) is 2.20. The first-order valence-electron chi connectivity index (χ1n) is 4.37. The summed E-state index contributed by atoms with van der Waals surface area (Å²) in [6, 6.07) is 10.3. The molecule has 0 aliphatic carbocycles. The lowest BCUT2D eigenvalue weighted by molar-refractivity contribution is 0.0663. The normalized spacial score (nSPS) is 22.5. The minimum atomic E-state index is 0.238. The molecule has 1 heterocycles. The zero-order chi connectivity index (χ0) is 9.10. The highest BCUT2D eigenvalue weighted by Crippen LogP contribution is 2.28. The first kappa shape index (κ1) is 8.97. The largest absolute Gasteiger partial charge is 0.368 e. The molecular formula is C11H11BrO. The minimum Gasteiger partial charge on any atom is -0.368 e. The summed E-state index contributed by atoms with van der Waals surface area (Å²) in [6.45, 7) is 0.694. The molecule has 1 atom stereocenters. The molecule has 1 aromatic rings. The van der Waals surface area contributed by atoms with Crippen molar-refractivity contribution < 1.29 is 4.74 Å². The quantitative estimate of drug-likeness (QED) is 0.729. The van der Waals surface area contributed by atoms with Crippen LogP contribution in [0.1, 0.15) is 18.1 Å². The van der Waals surface area contributed by atoms with Crippen LogP contribution in [0, 0.1) is 0 Å². The Labute approximate surface area is 86.5 Å². The van der Waals surface area contributed by atoms with Crippen LogP contribution in [0.4, 0.5) is 0 Å². The van der Waals surface area contributed by atoms with Crippen LogP contribution < -0.4 is 0 Å². The van der Waals surface area contributed by atoms with Crippen LogP contribution in [-0.4, -0.2) is 6.61 Å². The second kappa shape index (κ2) is 4.07. The van der Waals surface area contributed by atoms with E-state index in [2.05, 4.69) is 34.1 Å². The molecule has 1 aliphatic rings. The molecule has 2 rings (SSSR count). The summed E-state index contributed by atoms with van der Waals surface area (Å²) in [5.74, 6) is 0. The van der Waals surface area contributed by atoms with E-state index >= 15 is 0 Å². The van der Waals surface area contributed by atoms with Crippen molar-refractivity contribution in [3.8, 4) is 0 Å². The van der Waals surface area contributed by atoms with Crippen molar-refractivity contribution in [3.63, 3.8) is 0 Å². The van der Waals surface area contributed by atoms with Gasteiger partial charge in [0.25, 0.3) is 0 Å². The van der Waals surface area contributed by atoms with Gasteiger partial charge in [-0.15, -0.1) is 0 Å². The average molecular weight is 239 g/mol. The summed E-state index contributed by atoms with van der Waals surface area (Å²) >= 11 is 3.42. The lowest BCUT2D eigenvalue weighted by atomic mass is 10.1. The van der Waals surface area contributed by atoms with Crippen LogP contribution in [0.5, 0.6) is 0 Å². The van der Waals surface area contributed by atoms with Crippen molar-refractivity contribution in [1.82, 2.24) is 0 Å². The van der Waals surface area contributed by atoms with Gasteiger partial charge in [0.15, 0.2) is 0 Å². The van der Waals surface area contributed by atoms with Gasteiger partial charge in [-0.1, -0.05) is 52.3 Å². The van der Waals surface area contributed by atoms with Crippen LogP contribution in [0.25, 0.3) is 0 Å². The maximum absolute atomic E-state index is 5.66. The maximum Gasteiger partial charge on any atom is 0.0864 e. The molecule has 2 heteroatoms. The highest BCUT2D eigenvalue weighted by atomic mass is 79.9. The Morgan fingerprint density at radius 3 is 2.62 bits per heavy atom. The molecule has 0 amide bonds. The van der Waals surface area contributed by atoms with E-state index in [9.17, 15) is 0 Å². The molecule has 1 aromatic carbocycles. The Kier molecular flexibility index (Phi) is 2.81. The molecule has 0 saturated heterocycles. The number of halogens is 1. The predicted molar refractivity (Wildman–Crippen MR) is 56.8 cm³/mol. The summed E-state index contributed by atoms with van der Waals surface area (Å²) in [4.78, 5) is 0. The summed E-state index contributed by atoms with van der Waals surface area (Å²) in [5, 5.41) is 0. The van der Waals surface area contributed by atoms with Crippen molar-refractivity contribution >= 4 is 15.9 Å². The molecule has 1 unspecified atom stereocenters. The van der Waals surface area contributed by atoms with E-state index in [1.165, 1.54) is 5.56 Å². The number of hydrogen-bond donors (Lipinski definition) is 0. The van der Waals surface area contributed by atoms with Gasteiger partial charge in [-0.05, 0) is 12.0 Å². The number of rotatable bonds is 1. The van der Waals surface area contributed by atoms with Gasteiger partial charge >= 0.3 is 0 Å². The molecule has 0 fully saturated rings. The standard InChI is InChI=1S/C11H11BrO/c12-10-6-7-11(13-8-10)9-4-2-1-3-5-9/h1-6,11H,7-8H2. The average Bonchev–Trinajstić information content (AvgIpc) is 2.20. The second-order valence-electron chi connectivity index (χ2n) is 3.10. The van der Waals surface area contributed by atoms with E-state index in [0.29, 0.717) is 6.61 Å². The van der Waals surface area contributed by atoms with E-state index in [0.717, 1.165) is 10.9 Å². The van der Waals surface area contributed by atoms with Crippen molar-refractivity contribution in [2.75, 3.05) is 6.61 Å². The van der Waals surface area contributed by atoms with Crippen LogP contribution in [0.3, 0.4) is 0 Å². The summed E-state index contributed by atoms with van der Waals surface area (Å²) < 4.78 is 6.81. The van der Waals surface area contributed by atoms with E-state index in [1.54, 1.807) is 0 Å². The molecule has 1 nitrogen and oxygen atoms in total. The van der Waals surface area contributed by atoms with Crippen LogP contribution >= 0.6 is 15.9 Å². The van der Waals surface area contributed by atoms with Crippen molar-refractivity contribution in [3.05, 3.63) is 46.5 Å². The highest BCUT2D eigenvalue weighted by Gasteiger charge is 2.14. The van der Waals surface area contributed by atoms with Gasteiger partial charge < -0.3 is 4.74 Å². The fourth-order valence-corrected chi connectivity index (χ4v) is 1.76. The number of benzene rings is 1. The Hall–Kier alpha value is -0.600. The van der Waals surface area contributed by atoms with Crippen molar-refractivity contribution in [2.24, 2.45) is 0 Å². The second-order valence-corrected chi connectivity index (χ2v) is 4.12. The summed E-state index contributed by atoms with van der Waals surface area (Å²) in [5.41, 5.74) is 1.26. The fraction of sp³-hybridized carbons (Fsp3) is 0.273. The van der Waals surface area contributed by atoms with E-state index < -0.39 is 0 Å². The first-order chi connectivity index (χ1) is 6.36. The first-order valence-corrected chi connectivity index (χ1v) is 5.16. The van der Waals surface area contributed by atoms with E-state index in [-0.39, 0.29) is 6.10 Å². The van der Waals surface area contributed by atoms with E-state index in [1.807, 2.05) is 18.2 Å². The fourth-order valence-electron chi connectivity index (χ4n) is 1.44. The molecule has 0 aromatic heterocycles. The lowest BCUT2D eigenvalue weighted by Gasteiger charge is -2.20. The topological polar surface area (TPSA) is 9.23 Å². The lowest BCUT2D eigenvalue weighted by Crippen LogP contribution is -2.09. The van der Waals surface area contributed by atoms with Crippen molar-refractivity contribution in [2.45, 2.75) is 12.5 Å². The monoisotopic (exact) mass is 238 g/mol. The Balaban J connectivity index is 2.12. The Morgan fingerprint density at radius 2 is 2.00 bits per heavy atom. The van der Waals surface area contributed by atoms with Gasteiger partial charge in [0.05, 0.1) is 12.7 Å². The minimum absolute atomic E-state index is 0.238. The molecular weight excluding hydrogens is 228 g/mol. The van der Waals surface area contributed by atoms with Crippen LogP contribution in [0.2, 0.25) is 0 Å². The zero-order valence-corrected chi connectivity index (χ0v) is 8.83. The van der Waals surface area contributed by atoms with Gasteiger partial charge in [0.1, 0.15) is 0 Å². The molecule has 68 valence electrons. The van der Waals surface area contributed by atoms with Gasteiger partial charge in [-0.25, -0.2) is 0 Å². The summed E-state index contributed by atoms with van der Waals surface area (Å²) in [6.07, 6.45) is 3.38. The molecule has 0 N–H and O–H groups in total. The Bertz CT molecular complexity index is 305. The third-order valence-corrected chi connectivity index (χ3v) is 2.70. The molecule has 13 heavy (non-hydrogen) atoms. The van der Waals surface area contributed by atoms with Gasteiger partial charge in [-0.2, -0.15) is 0 Å². The summed E-state index contributed by atoms with van der Waals surface area (Å²) in [7, 11) is 0. The SMILES string of the molecule is BrC1=CCC(c2ccccc2)OC1. The number of hydrogen-bond acceptors (Lipinski definition) is 1. The third-order valence-electron chi connectivity index (χ3n) is 2.15. The molecule has 0 spiro atoms. The molecule has 1 aliphatic heterocycles.